The molecule has 0 bridgehead atoms. The van der Waals surface area contributed by atoms with Gasteiger partial charge < -0.3 is 15.3 Å². The fourth-order valence-corrected chi connectivity index (χ4v) is 3.63. The molecule has 6 nitrogen and oxygen atoms in total. The fourth-order valence-electron chi connectivity index (χ4n) is 3.63. The number of benzene rings is 2. The van der Waals surface area contributed by atoms with E-state index in [0.717, 1.165) is 24.2 Å². The van der Waals surface area contributed by atoms with Crippen molar-refractivity contribution in [3.05, 3.63) is 54.1 Å². The van der Waals surface area contributed by atoms with Gasteiger partial charge in [0.15, 0.2) is 0 Å². The van der Waals surface area contributed by atoms with Crippen molar-refractivity contribution in [1.29, 1.82) is 0 Å². The number of carbonyl (C=O) groups is 2. The lowest BCUT2D eigenvalue weighted by molar-refractivity contribution is -0.131. The predicted molar refractivity (Wildman–Crippen MR) is 97.8 cm³/mol. The number of hydrogen-bond acceptors (Lipinski definition) is 4. The van der Waals surface area contributed by atoms with Gasteiger partial charge in [-0.3, -0.25) is 14.5 Å². The Balaban J connectivity index is 1.54. The second-order valence-corrected chi connectivity index (χ2v) is 6.72. The van der Waals surface area contributed by atoms with Crippen molar-refractivity contribution in [3.63, 3.8) is 0 Å². The Hall–Kier alpha value is -2.86. The molecule has 0 spiro atoms. The van der Waals surface area contributed by atoms with Crippen LogP contribution in [0.3, 0.4) is 0 Å². The lowest BCUT2D eigenvalue weighted by atomic mass is 10.0. The molecule has 0 radical (unpaired) electrons. The summed E-state index contributed by atoms with van der Waals surface area (Å²) in [5.41, 5.74) is 2.47. The predicted octanol–water partition coefficient (Wildman–Crippen LogP) is 1.32. The average Bonchev–Trinajstić information content (AvgIpc) is 2.68. The molecule has 2 N–H and O–H groups in total. The normalized spacial score (nSPS) is 20.4. The van der Waals surface area contributed by atoms with Crippen LogP contribution in [0.25, 0.3) is 11.1 Å². The number of phenolic OH excluding ortho intramolecular Hbond substituents is 1. The SMILES string of the molecule is O=C1NCCN2CCN(C(=O)c3cccc(-c4ccc(O)cc4)c3)C[C@H]12. The first kappa shape index (κ1) is 16.6. The minimum atomic E-state index is -0.248. The van der Waals surface area contributed by atoms with Crippen LogP contribution in [0.4, 0.5) is 0 Å². The van der Waals surface area contributed by atoms with Crippen LogP contribution in [0.1, 0.15) is 10.4 Å². The molecule has 2 fully saturated rings. The van der Waals surface area contributed by atoms with Crippen LogP contribution in [0.5, 0.6) is 5.75 Å². The highest BCUT2D eigenvalue weighted by molar-refractivity contribution is 5.96. The summed E-state index contributed by atoms with van der Waals surface area (Å²) in [5, 5.41) is 12.3. The fraction of sp³-hybridized carbons (Fsp3) is 0.300. The monoisotopic (exact) mass is 351 g/mol. The minimum Gasteiger partial charge on any atom is -0.508 e. The molecule has 2 aliphatic heterocycles. The molecule has 1 atom stereocenters. The van der Waals surface area contributed by atoms with Crippen molar-refractivity contribution in [2.75, 3.05) is 32.7 Å². The van der Waals surface area contributed by atoms with Crippen LogP contribution in [-0.2, 0) is 4.79 Å². The van der Waals surface area contributed by atoms with Crippen LogP contribution in [0.2, 0.25) is 0 Å². The van der Waals surface area contributed by atoms with E-state index in [4.69, 9.17) is 0 Å². The van der Waals surface area contributed by atoms with Gasteiger partial charge in [0.2, 0.25) is 5.91 Å². The third-order valence-corrected chi connectivity index (χ3v) is 5.09. The number of nitrogens with one attached hydrogen (secondary N) is 1. The maximum Gasteiger partial charge on any atom is 0.253 e. The molecular weight excluding hydrogens is 330 g/mol. The summed E-state index contributed by atoms with van der Waals surface area (Å²) >= 11 is 0. The van der Waals surface area contributed by atoms with Gasteiger partial charge in [0.05, 0.1) is 0 Å². The molecule has 0 saturated carbocycles. The molecule has 26 heavy (non-hydrogen) atoms. The molecule has 6 heteroatoms. The lowest BCUT2D eigenvalue weighted by Crippen LogP contribution is -2.64. The first-order chi connectivity index (χ1) is 12.6. The van der Waals surface area contributed by atoms with Crippen LogP contribution in [-0.4, -0.2) is 65.5 Å². The van der Waals surface area contributed by atoms with Gasteiger partial charge in [0, 0.05) is 38.3 Å². The highest BCUT2D eigenvalue weighted by Gasteiger charge is 2.36. The van der Waals surface area contributed by atoms with Gasteiger partial charge in [-0.25, -0.2) is 0 Å². The van der Waals surface area contributed by atoms with Crippen LogP contribution >= 0.6 is 0 Å². The number of rotatable bonds is 2. The molecule has 0 aliphatic carbocycles. The molecule has 2 aromatic carbocycles. The Morgan fingerprint density at radius 3 is 2.65 bits per heavy atom. The van der Waals surface area contributed by atoms with Gasteiger partial charge in [-0.05, 0) is 35.4 Å². The molecule has 134 valence electrons. The average molecular weight is 351 g/mol. The maximum atomic E-state index is 13.0. The van der Waals surface area contributed by atoms with E-state index in [-0.39, 0.29) is 23.6 Å². The number of amides is 2. The van der Waals surface area contributed by atoms with Crippen molar-refractivity contribution in [2.24, 2.45) is 0 Å². The largest absolute Gasteiger partial charge is 0.508 e. The van der Waals surface area contributed by atoms with Gasteiger partial charge >= 0.3 is 0 Å². The van der Waals surface area contributed by atoms with E-state index in [1.165, 1.54) is 0 Å². The second-order valence-electron chi connectivity index (χ2n) is 6.72. The molecule has 2 saturated heterocycles. The Morgan fingerprint density at radius 2 is 1.85 bits per heavy atom. The van der Waals surface area contributed by atoms with E-state index < -0.39 is 0 Å². The van der Waals surface area contributed by atoms with E-state index in [1.807, 2.05) is 30.3 Å². The highest BCUT2D eigenvalue weighted by atomic mass is 16.3. The number of nitrogens with zero attached hydrogens (tertiary/aromatic N) is 2. The standard InChI is InChI=1S/C20H21N3O3/c24-17-6-4-14(5-7-17)15-2-1-3-16(12-15)20(26)23-11-10-22-9-8-21-19(25)18(22)13-23/h1-7,12,18,24H,8-11,13H2,(H,21,25)/t18-/m1/s1. The molecule has 2 heterocycles. The van der Waals surface area contributed by atoms with Gasteiger partial charge in [-0.1, -0.05) is 24.3 Å². The quantitative estimate of drug-likeness (QED) is 0.856. The van der Waals surface area contributed by atoms with Crippen molar-refractivity contribution in [2.45, 2.75) is 6.04 Å². The number of hydrogen-bond donors (Lipinski definition) is 2. The van der Waals surface area contributed by atoms with E-state index in [2.05, 4.69) is 10.2 Å². The number of fused-ring (bicyclic) bond motifs is 1. The summed E-state index contributed by atoms with van der Waals surface area (Å²) in [6.07, 6.45) is 0. The summed E-state index contributed by atoms with van der Waals surface area (Å²) in [7, 11) is 0. The number of aromatic hydroxyl groups is 1. The third-order valence-electron chi connectivity index (χ3n) is 5.09. The zero-order chi connectivity index (χ0) is 18.1. The molecule has 2 aromatic rings. The van der Waals surface area contributed by atoms with Crippen molar-refractivity contribution < 1.29 is 14.7 Å². The Bertz CT molecular complexity index is 834. The molecule has 2 amide bonds. The molecule has 0 aromatic heterocycles. The van der Waals surface area contributed by atoms with E-state index in [0.29, 0.717) is 25.2 Å². The first-order valence-corrected chi connectivity index (χ1v) is 8.82. The molecule has 0 unspecified atom stereocenters. The Morgan fingerprint density at radius 1 is 1.04 bits per heavy atom. The Labute approximate surface area is 152 Å². The van der Waals surface area contributed by atoms with E-state index in [9.17, 15) is 14.7 Å². The number of phenols is 1. The summed E-state index contributed by atoms with van der Waals surface area (Å²) in [5.74, 6) is 0.167. The molecule has 2 aliphatic rings. The number of carbonyl (C=O) groups excluding carboxylic acids is 2. The lowest BCUT2D eigenvalue weighted by Gasteiger charge is -2.43. The smallest absolute Gasteiger partial charge is 0.253 e. The van der Waals surface area contributed by atoms with Crippen molar-refractivity contribution in [3.8, 4) is 16.9 Å². The zero-order valence-corrected chi connectivity index (χ0v) is 14.4. The summed E-state index contributed by atoms with van der Waals surface area (Å²) < 4.78 is 0. The topological polar surface area (TPSA) is 72.9 Å². The highest BCUT2D eigenvalue weighted by Crippen LogP contribution is 2.24. The zero-order valence-electron chi connectivity index (χ0n) is 14.4. The van der Waals surface area contributed by atoms with Crippen LogP contribution in [0.15, 0.2) is 48.5 Å². The van der Waals surface area contributed by atoms with Crippen LogP contribution in [0, 0.1) is 0 Å². The van der Waals surface area contributed by atoms with Gasteiger partial charge in [0.1, 0.15) is 11.8 Å². The van der Waals surface area contributed by atoms with Gasteiger partial charge in [-0.15, -0.1) is 0 Å². The minimum absolute atomic E-state index is 0.00611. The van der Waals surface area contributed by atoms with Crippen molar-refractivity contribution >= 4 is 11.8 Å². The van der Waals surface area contributed by atoms with E-state index in [1.54, 1.807) is 23.1 Å². The van der Waals surface area contributed by atoms with E-state index >= 15 is 0 Å². The first-order valence-electron chi connectivity index (χ1n) is 8.82. The number of piperazine rings is 2. The third kappa shape index (κ3) is 3.15. The van der Waals surface area contributed by atoms with Crippen LogP contribution < -0.4 is 5.32 Å². The molecular formula is C20H21N3O3. The van der Waals surface area contributed by atoms with Crippen molar-refractivity contribution in [1.82, 2.24) is 15.1 Å². The summed E-state index contributed by atoms with van der Waals surface area (Å²) in [6, 6.07) is 14.1. The second kappa shape index (κ2) is 6.80. The summed E-state index contributed by atoms with van der Waals surface area (Å²) in [4.78, 5) is 29.0. The Kier molecular flexibility index (Phi) is 4.34. The maximum absolute atomic E-state index is 13.0. The summed E-state index contributed by atoms with van der Waals surface area (Å²) in [6.45, 7) is 3.30. The van der Waals surface area contributed by atoms with Gasteiger partial charge in [-0.2, -0.15) is 0 Å². The molecule has 4 rings (SSSR count). The van der Waals surface area contributed by atoms with Gasteiger partial charge in [0.25, 0.3) is 5.91 Å².